The van der Waals surface area contributed by atoms with E-state index in [1.807, 2.05) is 0 Å². The Morgan fingerprint density at radius 2 is 1.69 bits per heavy atom. The molecule has 3 nitrogen and oxygen atoms in total. The van der Waals surface area contributed by atoms with Crippen LogP contribution in [0.1, 0.15) is 36.1 Å². The van der Waals surface area contributed by atoms with Gasteiger partial charge in [0.15, 0.2) is 0 Å². The SMILES string of the molecule is Cc1ccc(CC(CC(N)=O)N[C@H](C)c2cccc3ccccc23)cc1. The van der Waals surface area contributed by atoms with Gasteiger partial charge in [-0.3, -0.25) is 4.79 Å². The summed E-state index contributed by atoms with van der Waals surface area (Å²) in [5.41, 5.74) is 9.18. The fourth-order valence-electron chi connectivity index (χ4n) is 3.51. The molecule has 3 heteroatoms. The van der Waals surface area contributed by atoms with Crippen molar-refractivity contribution in [2.45, 2.75) is 38.8 Å². The number of nitrogens with two attached hydrogens (primary N) is 1. The second-order valence-corrected chi connectivity index (χ2v) is 7.01. The van der Waals surface area contributed by atoms with Crippen LogP contribution in [0.5, 0.6) is 0 Å². The first-order chi connectivity index (χ1) is 12.5. The van der Waals surface area contributed by atoms with Crippen molar-refractivity contribution in [3.63, 3.8) is 0 Å². The van der Waals surface area contributed by atoms with E-state index >= 15 is 0 Å². The first-order valence-corrected chi connectivity index (χ1v) is 9.10. The van der Waals surface area contributed by atoms with Crippen molar-refractivity contribution in [2.75, 3.05) is 0 Å². The molecule has 0 aliphatic carbocycles. The summed E-state index contributed by atoms with van der Waals surface area (Å²) >= 11 is 0. The highest BCUT2D eigenvalue weighted by Crippen LogP contribution is 2.25. The van der Waals surface area contributed by atoms with Crippen molar-refractivity contribution in [1.82, 2.24) is 5.32 Å². The van der Waals surface area contributed by atoms with Gasteiger partial charge in [-0.25, -0.2) is 0 Å². The number of carbonyl (C=O) groups is 1. The van der Waals surface area contributed by atoms with Gasteiger partial charge in [0.05, 0.1) is 0 Å². The highest BCUT2D eigenvalue weighted by Gasteiger charge is 2.17. The zero-order chi connectivity index (χ0) is 18.5. The Bertz CT molecular complexity index is 881. The van der Waals surface area contributed by atoms with Gasteiger partial charge >= 0.3 is 0 Å². The largest absolute Gasteiger partial charge is 0.370 e. The van der Waals surface area contributed by atoms with Gasteiger partial charge in [-0.05, 0) is 42.2 Å². The van der Waals surface area contributed by atoms with E-state index in [1.54, 1.807) is 0 Å². The maximum atomic E-state index is 11.6. The number of primary amides is 1. The van der Waals surface area contributed by atoms with E-state index in [4.69, 9.17) is 5.73 Å². The van der Waals surface area contributed by atoms with E-state index in [0.29, 0.717) is 6.42 Å². The molecule has 3 N–H and O–H groups in total. The zero-order valence-electron chi connectivity index (χ0n) is 15.4. The Morgan fingerprint density at radius 1 is 1.00 bits per heavy atom. The fraction of sp³-hybridized carbons (Fsp3) is 0.261. The molecule has 0 heterocycles. The molecule has 0 saturated heterocycles. The van der Waals surface area contributed by atoms with Gasteiger partial charge in [0, 0.05) is 18.5 Å². The number of fused-ring (bicyclic) bond motifs is 1. The summed E-state index contributed by atoms with van der Waals surface area (Å²) in [6.07, 6.45) is 1.10. The summed E-state index contributed by atoms with van der Waals surface area (Å²) < 4.78 is 0. The van der Waals surface area contributed by atoms with Crippen molar-refractivity contribution in [2.24, 2.45) is 5.73 Å². The molecule has 2 atom stereocenters. The normalized spacial score (nSPS) is 13.5. The summed E-state index contributed by atoms with van der Waals surface area (Å²) in [6.45, 7) is 4.22. The van der Waals surface area contributed by atoms with Gasteiger partial charge in [0.25, 0.3) is 0 Å². The Labute approximate surface area is 155 Å². The summed E-state index contributed by atoms with van der Waals surface area (Å²) in [4.78, 5) is 11.6. The van der Waals surface area contributed by atoms with Gasteiger partial charge in [-0.15, -0.1) is 0 Å². The zero-order valence-corrected chi connectivity index (χ0v) is 15.4. The molecule has 1 unspecified atom stereocenters. The van der Waals surface area contributed by atoms with Crippen molar-refractivity contribution < 1.29 is 4.79 Å². The van der Waals surface area contributed by atoms with Crippen LogP contribution in [-0.2, 0) is 11.2 Å². The van der Waals surface area contributed by atoms with Crippen LogP contribution in [0.4, 0.5) is 0 Å². The first-order valence-electron chi connectivity index (χ1n) is 9.10. The maximum absolute atomic E-state index is 11.6. The Hall–Kier alpha value is -2.65. The molecule has 26 heavy (non-hydrogen) atoms. The Balaban J connectivity index is 1.81. The van der Waals surface area contributed by atoms with Crippen LogP contribution in [-0.4, -0.2) is 11.9 Å². The first kappa shape index (κ1) is 18.2. The number of amides is 1. The molecule has 1 amide bonds. The van der Waals surface area contributed by atoms with Crippen LogP contribution in [0, 0.1) is 6.92 Å². The summed E-state index contributed by atoms with van der Waals surface area (Å²) in [5, 5.41) is 6.08. The van der Waals surface area contributed by atoms with Gasteiger partial charge in [0.2, 0.25) is 5.91 Å². The highest BCUT2D eigenvalue weighted by atomic mass is 16.1. The topological polar surface area (TPSA) is 55.1 Å². The molecule has 0 saturated carbocycles. The summed E-state index contributed by atoms with van der Waals surface area (Å²) in [5.74, 6) is -0.278. The molecule has 0 aliphatic rings. The number of nitrogens with one attached hydrogen (secondary N) is 1. The van der Waals surface area contributed by atoms with E-state index in [2.05, 4.69) is 85.9 Å². The minimum absolute atomic E-state index is 0.00387. The molecule has 0 aromatic heterocycles. The number of benzene rings is 3. The maximum Gasteiger partial charge on any atom is 0.218 e. The minimum Gasteiger partial charge on any atom is -0.370 e. The lowest BCUT2D eigenvalue weighted by Gasteiger charge is -2.24. The van der Waals surface area contributed by atoms with E-state index in [1.165, 1.54) is 27.5 Å². The van der Waals surface area contributed by atoms with Crippen molar-refractivity contribution in [3.05, 3.63) is 83.4 Å². The minimum atomic E-state index is -0.278. The van der Waals surface area contributed by atoms with Gasteiger partial charge in [-0.1, -0.05) is 72.3 Å². The molecule has 0 radical (unpaired) electrons. The standard InChI is InChI=1S/C23H26N2O/c1-16-10-12-18(13-11-16)14-20(15-23(24)26)25-17(2)21-9-5-7-19-6-3-4-8-22(19)21/h3-13,17,20,25H,14-15H2,1-2H3,(H2,24,26)/t17-,20?/m1/s1. The third kappa shape index (κ3) is 4.50. The quantitative estimate of drug-likeness (QED) is 0.671. The second-order valence-electron chi connectivity index (χ2n) is 7.01. The lowest BCUT2D eigenvalue weighted by atomic mass is 9.97. The van der Waals surface area contributed by atoms with Crippen LogP contribution in [0.15, 0.2) is 66.7 Å². The van der Waals surface area contributed by atoms with E-state index in [0.717, 1.165) is 6.42 Å². The van der Waals surface area contributed by atoms with Crippen molar-refractivity contribution in [1.29, 1.82) is 0 Å². The fourth-order valence-corrected chi connectivity index (χ4v) is 3.51. The number of carbonyl (C=O) groups excluding carboxylic acids is 1. The molecule has 3 rings (SSSR count). The third-order valence-corrected chi connectivity index (χ3v) is 4.83. The van der Waals surface area contributed by atoms with Crippen LogP contribution in [0.2, 0.25) is 0 Å². The van der Waals surface area contributed by atoms with Gasteiger partial charge in [0.1, 0.15) is 0 Å². The van der Waals surface area contributed by atoms with Gasteiger partial charge < -0.3 is 11.1 Å². The number of hydrogen-bond acceptors (Lipinski definition) is 2. The monoisotopic (exact) mass is 346 g/mol. The predicted octanol–water partition coefficient (Wildman–Crippen LogP) is 4.29. The molecule has 3 aromatic carbocycles. The van der Waals surface area contributed by atoms with Crippen LogP contribution < -0.4 is 11.1 Å². The smallest absolute Gasteiger partial charge is 0.218 e. The van der Waals surface area contributed by atoms with E-state index < -0.39 is 0 Å². The number of hydrogen-bond donors (Lipinski definition) is 2. The molecular weight excluding hydrogens is 320 g/mol. The number of rotatable bonds is 7. The predicted molar refractivity (Wildman–Crippen MR) is 108 cm³/mol. The molecule has 0 aliphatic heterocycles. The van der Waals surface area contributed by atoms with Crippen LogP contribution in [0.3, 0.4) is 0 Å². The van der Waals surface area contributed by atoms with Crippen molar-refractivity contribution >= 4 is 16.7 Å². The number of aryl methyl sites for hydroxylation is 1. The summed E-state index contributed by atoms with van der Waals surface area (Å²) in [7, 11) is 0. The molecule has 134 valence electrons. The average Bonchev–Trinajstić information content (AvgIpc) is 2.62. The highest BCUT2D eigenvalue weighted by molar-refractivity contribution is 5.86. The molecule has 0 spiro atoms. The van der Waals surface area contributed by atoms with Crippen molar-refractivity contribution in [3.8, 4) is 0 Å². The van der Waals surface area contributed by atoms with Gasteiger partial charge in [-0.2, -0.15) is 0 Å². The third-order valence-electron chi connectivity index (χ3n) is 4.83. The Morgan fingerprint density at radius 3 is 2.42 bits per heavy atom. The molecule has 0 fully saturated rings. The molecule has 3 aromatic rings. The van der Waals surface area contributed by atoms with E-state index in [9.17, 15) is 4.79 Å². The van der Waals surface area contributed by atoms with Crippen LogP contribution >= 0.6 is 0 Å². The average molecular weight is 346 g/mol. The van der Waals surface area contributed by atoms with E-state index in [-0.39, 0.29) is 18.0 Å². The van der Waals surface area contributed by atoms with Crippen LogP contribution in [0.25, 0.3) is 10.8 Å². The summed E-state index contributed by atoms with van der Waals surface area (Å²) in [6, 6.07) is 23.3. The lowest BCUT2D eigenvalue weighted by Crippen LogP contribution is -2.37. The molecular formula is C23H26N2O. The molecule has 0 bridgehead atoms. The lowest BCUT2D eigenvalue weighted by molar-refractivity contribution is -0.118. The second kappa shape index (κ2) is 8.15. The Kier molecular flexibility index (Phi) is 5.69.